The number of ether oxygens (including phenoxy) is 2. The smallest absolute Gasteiger partial charge is 0.245 e. The van der Waals surface area contributed by atoms with Crippen LogP contribution >= 0.6 is 0 Å². The first kappa shape index (κ1) is 29.3. The molecule has 2 aliphatic carbocycles. The summed E-state index contributed by atoms with van der Waals surface area (Å²) in [5.74, 6) is 0.852. The number of hydrogen-bond donors (Lipinski definition) is 3. The van der Waals surface area contributed by atoms with Crippen LogP contribution in [0.3, 0.4) is 0 Å². The number of nitrogens with one attached hydrogen (secondary N) is 1. The van der Waals surface area contributed by atoms with Crippen molar-refractivity contribution in [1.82, 2.24) is 25.1 Å². The Morgan fingerprint density at radius 1 is 1.07 bits per heavy atom. The van der Waals surface area contributed by atoms with Crippen LogP contribution in [-0.4, -0.2) is 117 Å². The van der Waals surface area contributed by atoms with Crippen LogP contribution < -0.4 is 10.1 Å². The molecule has 2 saturated carbocycles. The number of fused-ring (bicyclic) bond motifs is 3. The lowest BCUT2D eigenvalue weighted by Crippen LogP contribution is -2.83. The number of rotatable bonds is 7. The van der Waals surface area contributed by atoms with Crippen molar-refractivity contribution in [3.8, 4) is 5.75 Å². The summed E-state index contributed by atoms with van der Waals surface area (Å²) in [7, 11) is 3.62. The van der Waals surface area contributed by atoms with Crippen molar-refractivity contribution in [1.29, 1.82) is 0 Å². The maximum Gasteiger partial charge on any atom is 0.245 e. The minimum atomic E-state index is -1.71. The van der Waals surface area contributed by atoms with E-state index in [0.717, 1.165) is 37.0 Å². The van der Waals surface area contributed by atoms with Gasteiger partial charge in [0, 0.05) is 32.5 Å². The van der Waals surface area contributed by atoms with E-state index in [9.17, 15) is 19.8 Å². The molecule has 2 aromatic rings. The van der Waals surface area contributed by atoms with E-state index in [2.05, 4.69) is 46.7 Å². The van der Waals surface area contributed by atoms with E-state index in [0.29, 0.717) is 25.6 Å². The predicted octanol–water partition coefficient (Wildman–Crippen LogP) is 1.26. The van der Waals surface area contributed by atoms with Crippen LogP contribution in [-0.2, 0) is 20.9 Å². The highest BCUT2D eigenvalue weighted by Crippen LogP contribution is 2.72. The Labute approximate surface area is 263 Å². The summed E-state index contributed by atoms with van der Waals surface area (Å²) in [5, 5.41) is 28.4. The Kier molecular flexibility index (Phi) is 7.01. The number of hydrazine groups is 1. The molecule has 4 bridgehead atoms. The molecule has 4 heterocycles. The number of likely N-dealkylation sites (N-methyl/N-ethyl adjacent to an activating group) is 1. The van der Waals surface area contributed by atoms with E-state index in [1.165, 1.54) is 5.56 Å². The van der Waals surface area contributed by atoms with Crippen LogP contribution in [0, 0.1) is 5.92 Å². The van der Waals surface area contributed by atoms with E-state index < -0.39 is 18.5 Å². The number of benzene rings is 2. The molecule has 2 aromatic carbocycles. The zero-order valence-electron chi connectivity index (χ0n) is 25.9. The normalized spacial score (nSPS) is 37.5. The highest BCUT2D eigenvalue weighted by atomic mass is 16.6. The molecule has 6 fully saturated rings. The Balaban J connectivity index is 1.22. The van der Waals surface area contributed by atoms with Gasteiger partial charge in [0.05, 0.1) is 32.3 Å². The summed E-state index contributed by atoms with van der Waals surface area (Å²) in [6, 6.07) is 17.6. The third-order valence-corrected chi connectivity index (χ3v) is 11.6. The topological polar surface area (TPSA) is 121 Å². The van der Waals surface area contributed by atoms with Gasteiger partial charge in [-0.1, -0.05) is 48.9 Å². The number of aliphatic hydroxyl groups excluding tert-OH is 1. The van der Waals surface area contributed by atoms with Gasteiger partial charge in [-0.15, -0.1) is 0 Å². The van der Waals surface area contributed by atoms with Gasteiger partial charge < -0.3 is 34.8 Å². The maximum absolute atomic E-state index is 14.1. The lowest BCUT2D eigenvalue weighted by Gasteiger charge is -2.62. The Morgan fingerprint density at radius 2 is 1.84 bits per heavy atom. The number of methoxy groups -OCH3 is 1. The average Bonchev–Trinajstić information content (AvgIpc) is 3.61. The van der Waals surface area contributed by atoms with Gasteiger partial charge in [0.1, 0.15) is 29.2 Å². The van der Waals surface area contributed by atoms with Crippen LogP contribution in [0.1, 0.15) is 49.1 Å². The molecule has 1 spiro atoms. The molecule has 45 heavy (non-hydrogen) atoms. The van der Waals surface area contributed by atoms with Crippen molar-refractivity contribution >= 4 is 11.8 Å². The summed E-state index contributed by atoms with van der Waals surface area (Å²) in [5.41, 5.74) is 1.71. The monoisotopic (exact) mass is 617 g/mol. The largest absolute Gasteiger partial charge is 0.497 e. The fourth-order valence-corrected chi connectivity index (χ4v) is 9.69. The van der Waals surface area contributed by atoms with Crippen molar-refractivity contribution in [3.63, 3.8) is 0 Å². The van der Waals surface area contributed by atoms with Crippen LogP contribution in [0.15, 0.2) is 54.6 Å². The number of epoxide rings is 1. The summed E-state index contributed by atoms with van der Waals surface area (Å²) in [4.78, 5) is 31.4. The van der Waals surface area contributed by atoms with Crippen LogP contribution in [0.5, 0.6) is 5.75 Å². The molecule has 4 aliphatic heterocycles. The summed E-state index contributed by atoms with van der Waals surface area (Å²) in [6.07, 6.45) is 1.58. The minimum Gasteiger partial charge on any atom is -0.497 e. The molecular weight excluding hydrogens is 574 g/mol. The number of aliphatic hydroxyl groups is 2. The summed E-state index contributed by atoms with van der Waals surface area (Å²) < 4.78 is 12.4. The zero-order valence-corrected chi connectivity index (χ0v) is 25.9. The fourth-order valence-electron chi connectivity index (χ4n) is 9.69. The highest BCUT2D eigenvalue weighted by Gasteiger charge is 2.89. The molecule has 3 N–H and O–H groups in total. The Morgan fingerprint density at radius 3 is 2.58 bits per heavy atom. The van der Waals surface area contributed by atoms with E-state index in [4.69, 9.17) is 9.47 Å². The van der Waals surface area contributed by atoms with E-state index in [-0.39, 0.29) is 54.0 Å². The molecule has 11 heteroatoms. The summed E-state index contributed by atoms with van der Waals surface area (Å²) in [6.45, 7) is 1.65. The Bertz CT molecular complexity index is 1460. The van der Waals surface area contributed by atoms with Gasteiger partial charge in [0.15, 0.2) is 6.29 Å². The van der Waals surface area contributed by atoms with Crippen molar-refractivity contribution < 1.29 is 29.3 Å². The first-order valence-electron chi connectivity index (χ1n) is 16.3. The lowest BCUT2D eigenvalue weighted by molar-refractivity contribution is -0.228. The molecule has 11 nitrogen and oxygen atoms in total. The van der Waals surface area contributed by atoms with E-state index >= 15 is 0 Å². The Hall–Kier alpha value is -3.06. The number of carbonyl (C=O) groups is 2. The van der Waals surface area contributed by atoms with E-state index in [1.54, 1.807) is 12.0 Å². The quantitative estimate of drug-likeness (QED) is 0.312. The predicted molar refractivity (Wildman–Crippen MR) is 163 cm³/mol. The molecule has 0 radical (unpaired) electrons. The minimum absolute atomic E-state index is 0.0124. The first-order valence-corrected chi connectivity index (χ1v) is 16.3. The van der Waals surface area contributed by atoms with Crippen molar-refractivity contribution in [2.24, 2.45) is 5.92 Å². The van der Waals surface area contributed by atoms with Gasteiger partial charge in [-0.2, -0.15) is 0 Å². The second-order valence-electron chi connectivity index (χ2n) is 13.9. The zero-order chi connectivity index (χ0) is 31.1. The van der Waals surface area contributed by atoms with Crippen LogP contribution in [0.4, 0.5) is 0 Å². The number of hydrogen-bond acceptors (Lipinski definition) is 9. The van der Waals surface area contributed by atoms with Gasteiger partial charge in [0.2, 0.25) is 11.8 Å². The fraction of sp³-hybridized carbons (Fsp3) is 0.588. The van der Waals surface area contributed by atoms with Crippen LogP contribution in [0.25, 0.3) is 0 Å². The lowest BCUT2D eigenvalue weighted by atomic mass is 9.60. The third-order valence-electron chi connectivity index (χ3n) is 11.6. The maximum atomic E-state index is 14.1. The molecule has 240 valence electrons. The molecule has 4 saturated heterocycles. The van der Waals surface area contributed by atoms with Gasteiger partial charge in [0.25, 0.3) is 0 Å². The number of carbonyl (C=O) groups excluding carboxylic acids is 2. The molecular formula is C34H43N5O6. The number of nitrogens with zero attached hydrogens (tertiary/aromatic N) is 4. The second-order valence-corrected chi connectivity index (χ2v) is 13.9. The average molecular weight is 618 g/mol. The molecule has 2 amide bonds. The van der Waals surface area contributed by atoms with Crippen molar-refractivity contribution in [3.05, 3.63) is 65.7 Å². The van der Waals surface area contributed by atoms with Gasteiger partial charge >= 0.3 is 0 Å². The summed E-state index contributed by atoms with van der Waals surface area (Å²) >= 11 is 0. The van der Waals surface area contributed by atoms with Gasteiger partial charge in [-0.25, -0.2) is 10.0 Å². The van der Waals surface area contributed by atoms with Crippen molar-refractivity contribution in [2.45, 2.75) is 86.4 Å². The standard InChI is InChI=1S/C34H43N5O6/c1-36-20-28(40)38-26(15-29(41)42)32(43)37-18-25(22-7-4-3-5-8-22)23-9-6-14-33-30(35-17-21-10-12-24(44-2)13-11-21)31(34(33,16-23)45-33)39(36)27(38)19-37/h3-5,7-8,10-13,23,25-27,29-31,35,41-42H,6,9,14-20H2,1-2H3/t23?,25?,26-,27-,30?,31?,33?,34?/m0/s1. The highest BCUT2D eigenvalue weighted by molar-refractivity contribution is 5.90. The van der Waals surface area contributed by atoms with Crippen molar-refractivity contribution in [2.75, 3.05) is 33.8 Å². The number of amides is 2. The second kappa shape index (κ2) is 10.8. The number of piperazine rings is 1. The van der Waals surface area contributed by atoms with Gasteiger partial charge in [-0.3, -0.25) is 9.59 Å². The molecule has 0 aromatic heterocycles. The SMILES string of the molecule is COc1ccc(CNC2C3N4[C@H]5CN(CC(c6ccccc6)C6CCCC27OC37C6)C(=O)[C@H](CC(O)O)N5C(=O)CN4C)cc1. The molecule has 6 aliphatic rings. The van der Waals surface area contributed by atoms with Crippen LogP contribution in [0.2, 0.25) is 0 Å². The molecule has 6 unspecified atom stereocenters. The molecule has 8 atom stereocenters. The first-order chi connectivity index (χ1) is 21.8. The van der Waals surface area contributed by atoms with Gasteiger partial charge in [-0.05, 0) is 48.4 Å². The third kappa shape index (κ3) is 4.39. The van der Waals surface area contributed by atoms with E-state index in [1.807, 2.05) is 35.2 Å². The molecule has 8 rings (SSSR count).